The van der Waals surface area contributed by atoms with E-state index in [0.717, 1.165) is 24.0 Å². The van der Waals surface area contributed by atoms with Gasteiger partial charge in [0.1, 0.15) is 0 Å². The van der Waals surface area contributed by atoms with Gasteiger partial charge >= 0.3 is 0 Å². The minimum Gasteiger partial charge on any atom is -0.341 e. The molecule has 0 spiro atoms. The van der Waals surface area contributed by atoms with E-state index in [1.54, 1.807) is 18.2 Å². The van der Waals surface area contributed by atoms with Crippen molar-refractivity contribution in [1.29, 1.82) is 0 Å². The summed E-state index contributed by atoms with van der Waals surface area (Å²) in [7, 11) is 0. The minimum atomic E-state index is -0.261. The van der Waals surface area contributed by atoms with Crippen molar-refractivity contribution < 1.29 is 9.59 Å². The molecule has 30 heavy (non-hydrogen) atoms. The van der Waals surface area contributed by atoms with Gasteiger partial charge in [-0.1, -0.05) is 80.6 Å². The molecule has 4 heteroatoms. The number of rotatable bonds is 8. The van der Waals surface area contributed by atoms with Crippen molar-refractivity contribution in [2.24, 2.45) is 5.92 Å². The van der Waals surface area contributed by atoms with Gasteiger partial charge < -0.3 is 10.6 Å². The minimum absolute atomic E-state index is 0.0102. The third kappa shape index (κ3) is 5.35. The van der Waals surface area contributed by atoms with Crippen LogP contribution in [0.3, 0.4) is 0 Å². The van der Waals surface area contributed by atoms with Crippen LogP contribution in [0, 0.1) is 5.92 Å². The van der Waals surface area contributed by atoms with Crippen LogP contribution < -0.4 is 10.6 Å². The van der Waals surface area contributed by atoms with Crippen LogP contribution in [0.15, 0.2) is 84.9 Å². The van der Waals surface area contributed by atoms with Gasteiger partial charge in [0.15, 0.2) is 0 Å². The van der Waals surface area contributed by atoms with E-state index in [9.17, 15) is 9.59 Å². The highest BCUT2D eigenvalue weighted by molar-refractivity contribution is 5.98. The second-order valence-corrected chi connectivity index (χ2v) is 7.31. The van der Waals surface area contributed by atoms with Gasteiger partial charge in [-0.25, -0.2) is 0 Å². The standard InChI is InChI=1S/C26H28N2O2/c1-3-19(4-2)25(29)27-23-17-11-16-22(18-23)26(30)28-24(20-12-7-5-8-13-20)21-14-9-6-10-15-21/h5-19,24H,3-4H2,1-2H3,(H,27,29)(H,28,30). The molecular weight excluding hydrogens is 372 g/mol. The molecule has 3 rings (SSSR count). The highest BCUT2D eigenvalue weighted by Gasteiger charge is 2.19. The monoisotopic (exact) mass is 400 g/mol. The molecule has 0 aliphatic carbocycles. The predicted octanol–water partition coefficient (Wildman–Crippen LogP) is 5.58. The lowest BCUT2D eigenvalue weighted by Gasteiger charge is -2.20. The average Bonchev–Trinajstić information content (AvgIpc) is 2.79. The molecule has 3 aromatic carbocycles. The van der Waals surface area contributed by atoms with Gasteiger partial charge in [0, 0.05) is 17.2 Å². The van der Waals surface area contributed by atoms with Crippen molar-refractivity contribution in [3.05, 3.63) is 102 Å². The fourth-order valence-corrected chi connectivity index (χ4v) is 3.51. The maximum atomic E-state index is 13.1. The van der Waals surface area contributed by atoms with E-state index in [4.69, 9.17) is 0 Å². The van der Waals surface area contributed by atoms with E-state index in [1.807, 2.05) is 80.6 Å². The Morgan fingerprint density at radius 2 is 1.33 bits per heavy atom. The Hall–Kier alpha value is -3.40. The third-order valence-electron chi connectivity index (χ3n) is 5.29. The van der Waals surface area contributed by atoms with E-state index in [2.05, 4.69) is 10.6 Å². The van der Waals surface area contributed by atoms with Gasteiger partial charge in [-0.15, -0.1) is 0 Å². The Balaban J connectivity index is 1.80. The zero-order chi connectivity index (χ0) is 21.3. The van der Waals surface area contributed by atoms with Crippen molar-refractivity contribution in [3.8, 4) is 0 Å². The van der Waals surface area contributed by atoms with E-state index in [-0.39, 0.29) is 23.8 Å². The molecule has 3 aromatic rings. The first-order valence-electron chi connectivity index (χ1n) is 10.4. The molecule has 0 aromatic heterocycles. The smallest absolute Gasteiger partial charge is 0.252 e. The van der Waals surface area contributed by atoms with E-state index >= 15 is 0 Å². The van der Waals surface area contributed by atoms with Gasteiger partial charge in [0.05, 0.1) is 6.04 Å². The van der Waals surface area contributed by atoms with Crippen LogP contribution in [0.25, 0.3) is 0 Å². The SMILES string of the molecule is CCC(CC)C(=O)Nc1cccc(C(=O)NC(c2ccccc2)c2ccccc2)c1. The van der Waals surface area contributed by atoms with Gasteiger partial charge in [-0.2, -0.15) is 0 Å². The number of benzene rings is 3. The molecule has 0 radical (unpaired) electrons. The van der Waals surface area contributed by atoms with Crippen molar-refractivity contribution >= 4 is 17.5 Å². The van der Waals surface area contributed by atoms with E-state index < -0.39 is 0 Å². The van der Waals surface area contributed by atoms with E-state index in [0.29, 0.717) is 11.3 Å². The number of anilines is 1. The molecule has 2 N–H and O–H groups in total. The lowest BCUT2D eigenvalue weighted by Crippen LogP contribution is -2.29. The number of hydrogen-bond acceptors (Lipinski definition) is 2. The Labute approximate surface area is 178 Å². The molecule has 2 amide bonds. The first kappa shape index (κ1) is 21.3. The van der Waals surface area contributed by atoms with Crippen LogP contribution in [-0.2, 0) is 4.79 Å². The summed E-state index contributed by atoms with van der Waals surface area (Å²) < 4.78 is 0. The topological polar surface area (TPSA) is 58.2 Å². The van der Waals surface area contributed by atoms with Gasteiger partial charge in [0.25, 0.3) is 5.91 Å². The molecule has 0 fully saturated rings. The van der Waals surface area contributed by atoms with Crippen LogP contribution in [0.4, 0.5) is 5.69 Å². The van der Waals surface area contributed by atoms with Crippen LogP contribution in [-0.4, -0.2) is 11.8 Å². The lowest BCUT2D eigenvalue weighted by molar-refractivity contribution is -0.120. The zero-order valence-electron chi connectivity index (χ0n) is 17.5. The van der Waals surface area contributed by atoms with Gasteiger partial charge in [0.2, 0.25) is 5.91 Å². The Morgan fingerprint density at radius 1 is 0.767 bits per heavy atom. The number of hydrogen-bond donors (Lipinski definition) is 2. The molecule has 0 aliphatic heterocycles. The summed E-state index contributed by atoms with van der Waals surface area (Å²) in [6, 6.07) is 26.6. The van der Waals surface area contributed by atoms with Gasteiger partial charge in [-0.05, 0) is 42.2 Å². The summed E-state index contributed by atoms with van der Waals surface area (Å²) in [5.41, 5.74) is 3.16. The van der Waals surface area contributed by atoms with Crippen molar-refractivity contribution in [1.82, 2.24) is 5.32 Å². The molecule has 154 valence electrons. The highest BCUT2D eigenvalue weighted by Crippen LogP contribution is 2.23. The predicted molar refractivity (Wildman–Crippen MR) is 121 cm³/mol. The summed E-state index contributed by atoms with van der Waals surface area (Å²) in [4.78, 5) is 25.5. The summed E-state index contributed by atoms with van der Waals surface area (Å²) in [6.45, 7) is 4.01. The Morgan fingerprint density at radius 3 is 1.87 bits per heavy atom. The fraction of sp³-hybridized carbons (Fsp3) is 0.231. The molecule has 0 atom stereocenters. The average molecular weight is 401 g/mol. The summed E-state index contributed by atoms with van der Waals surface area (Å²) >= 11 is 0. The lowest BCUT2D eigenvalue weighted by atomic mass is 9.98. The van der Waals surface area contributed by atoms with Crippen molar-refractivity contribution in [2.75, 3.05) is 5.32 Å². The molecule has 0 unspecified atom stereocenters. The molecule has 0 bridgehead atoms. The molecule has 0 saturated heterocycles. The second-order valence-electron chi connectivity index (χ2n) is 7.31. The Kier molecular flexibility index (Phi) is 7.39. The summed E-state index contributed by atoms with van der Waals surface area (Å²) in [6.07, 6.45) is 1.58. The normalized spacial score (nSPS) is 10.8. The first-order chi connectivity index (χ1) is 14.6. The van der Waals surface area contributed by atoms with Gasteiger partial charge in [-0.3, -0.25) is 9.59 Å². The molecule has 0 aliphatic rings. The van der Waals surface area contributed by atoms with Crippen LogP contribution in [0.1, 0.15) is 54.2 Å². The van der Waals surface area contributed by atoms with Crippen LogP contribution in [0.2, 0.25) is 0 Å². The zero-order valence-corrected chi connectivity index (χ0v) is 17.5. The second kappa shape index (κ2) is 10.4. The number of nitrogens with one attached hydrogen (secondary N) is 2. The number of carbonyl (C=O) groups is 2. The molecule has 0 heterocycles. The number of amides is 2. The molecule has 4 nitrogen and oxygen atoms in total. The fourth-order valence-electron chi connectivity index (χ4n) is 3.51. The number of carbonyl (C=O) groups excluding carboxylic acids is 2. The third-order valence-corrected chi connectivity index (χ3v) is 5.29. The van der Waals surface area contributed by atoms with E-state index in [1.165, 1.54) is 0 Å². The maximum Gasteiger partial charge on any atom is 0.252 e. The quantitative estimate of drug-likeness (QED) is 0.518. The van der Waals surface area contributed by atoms with Crippen molar-refractivity contribution in [2.45, 2.75) is 32.7 Å². The van der Waals surface area contributed by atoms with Crippen LogP contribution in [0.5, 0.6) is 0 Å². The summed E-state index contributed by atoms with van der Waals surface area (Å²) in [5, 5.41) is 6.08. The highest BCUT2D eigenvalue weighted by atomic mass is 16.2. The molecule has 0 saturated carbocycles. The van der Waals surface area contributed by atoms with Crippen molar-refractivity contribution in [3.63, 3.8) is 0 Å². The first-order valence-corrected chi connectivity index (χ1v) is 10.4. The maximum absolute atomic E-state index is 13.1. The Bertz CT molecular complexity index is 927. The molecular formula is C26H28N2O2. The largest absolute Gasteiger partial charge is 0.341 e. The van der Waals surface area contributed by atoms with Crippen LogP contribution >= 0.6 is 0 Å². The summed E-state index contributed by atoms with van der Waals surface area (Å²) in [5.74, 6) is -0.224.